The Bertz CT molecular complexity index is 517. The lowest BCUT2D eigenvalue weighted by Gasteiger charge is -2.20. The van der Waals surface area contributed by atoms with Crippen LogP contribution in [-0.2, 0) is 6.42 Å². The molecular formula is C13H18N2O2. The van der Waals surface area contributed by atoms with Crippen LogP contribution < -0.4 is 10.5 Å². The van der Waals surface area contributed by atoms with Crippen LogP contribution in [0.15, 0.2) is 24.3 Å². The van der Waals surface area contributed by atoms with Gasteiger partial charge < -0.3 is 20.6 Å². The first-order valence-corrected chi connectivity index (χ1v) is 5.59. The third-order valence-electron chi connectivity index (χ3n) is 2.84. The molecule has 0 aliphatic rings. The van der Waals surface area contributed by atoms with Crippen LogP contribution in [0.1, 0.15) is 12.6 Å². The Labute approximate surface area is 100 Å². The Morgan fingerprint density at radius 1 is 1.41 bits per heavy atom. The number of aliphatic hydroxyl groups is 1. The van der Waals surface area contributed by atoms with E-state index < -0.39 is 5.54 Å². The third kappa shape index (κ3) is 2.60. The summed E-state index contributed by atoms with van der Waals surface area (Å²) in [6.07, 6.45) is 0.612. The molecule has 0 aliphatic carbocycles. The van der Waals surface area contributed by atoms with Gasteiger partial charge in [0, 0.05) is 29.2 Å². The maximum Gasteiger partial charge on any atom is 0.120 e. The number of aromatic amines is 1. The number of aromatic nitrogens is 1. The van der Waals surface area contributed by atoms with Crippen LogP contribution in [0.5, 0.6) is 5.75 Å². The Morgan fingerprint density at radius 3 is 2.82 bits per heavy atom. The highest BCUT2D eigenvalue weighted by Gasteiger charge is 2.18. The van der Waals surface area contributed by atoms with Gasteiger partial charge in [0.15, 0.2) is 0 Å². The molecule has 0 saturated carbocycles. The van der Waals surface area contributed by atoms with Gasteiger partial charge in [-0.2, -0.15) is 0 Å². The van der Waals surface area contributed by atoms with Gasteiger partial charge >= 0.3 is 0 Å². The van der Waals surface area contributed by atoms with Gasteiger partial charge in [0.2, 0.25) is 0 Å². The molecule has 0 aliphatic heterocycles. The summed E-state index contributed by atoms with van der Waals surface area (Å²) in [6.45, 7) is 1.80. The molecular weight excluding hydrogens is 216 g/mol. The van der Waals surface area contributed by atoms with Crippen LogP contribution >= 0.6 is 0 Å². The summed E-state index contributed by atoms with van der Waals surface area (Å²) in [6, 6.07) is 7.93. The number of rotatable bonds is 4. The summed E-state index contributed by atoms with van der Waals surface area (Å²) in [5.74, 6) is 0.823. The highest BCUT2D eigenvalue weighted by Crippen LogP contribution is 2.22. The molecule has 0 saturated heterocycles. The highest BCUT2D eigenvalue weighted by atomic mass is 16.5. The van der Waals surface area contributed by atoms with E-state index in [-0.39, 0.29) is 6.61 Å². The number of aliphatic hydroxyl groups excluding tert-OH is 1. The summed E-state index contributed by atoms with van der Waals surface area (Å²) in [7, 11) is 1.65. The number of methoxy groups -OCH3 is 1. The van der Waals surface area contributed by atoms with Gasteiger partial charge in [-0.15, -0.1) is 0 Å². The first-order valence-electron chi connectivity index (χ1n) is 5.59. The molecule has 0 radical (unpaired) electrons. The van der Waals surface area contributed by atoms with E-state index in [0.717, 1.165) is 22.3 Å². The van der Waals surface area contributed by atoms with Crippen molar-refractivity contribution in [3.63, 3.8) is 0 Å². The fourth-order valence-corrected chi connectivity index (χ4v) is 1.88. The van der Waals surface area contributed by atoms with Gasteiger partial charge in [0.25, 0.3) is 0 Å². The quantitative estimate of drug-likeness (QED) is 0.749. The minimum atomic E-state index is -0.592. The highest BCUT2D eigenvalue weighted by molar-refractivity contribution is 5.81. The SMILES string of the molecule is COc1ccc2cc(CC(C)(N)CO)[nH]c2c1. The number of hydrogen-bond acceptors (Lipinski definition) is 3. The van der Waals surface area contributed by atoms with Gasteiger partial charge in [0.05, 0.1) is 13.7 Å². The molecule has 0 amide bonds. The molecule has 4 heteroatoms. The lowest BCUT2D eigenvalue weighted by molar-refractivity contribution is 0.207. The lowest BCUT2D eigenvalue weighted by Crippen LogP contribution is -2.42. The standard InChI is InChI=1S/C13H18N2O2/c1-13(14,8-16)7-10-5-9-3-4-11(17-2)6-12(9)15-10/h3-6,15-16H,7-8,14H2,1-2H3. The van der Waals surface area contributed by atoms with Crippen LogP contribution in [0, 0.1) is 0 Å². The molecule has 1 atom stereocenters. The zero-order chi connectivity index (χ0) is 12.5. The van der Waals surface area contributed by atoms with E-state index in [4.69, 9.17) is 15.6 Å². The minimum Gasteiger partial charge on any atom is -0.497 e. The zero-order valence-corrected chi connectivity index (χ0v) is 10.2. The van der Waals surface area contributed by atoms with E-state index in [1.54, 1.807) is 7.11 Å². The monoisotopic (exact) mass is 234 g/mol. The molecule has 4 N–H and O–H groups in total. The number of ether oxygens (including phenoxy) is 1. The molecule has 1 heterocycles. The maximum absolute atomic E-state index is 9.15. The average molecular weight is 234 g/mol. The van der Waals surface area contributed by atoms with Gasteiger partial charge in [-0.3, -0.25) is 0 Å². The normalized spacial score (nSPS) is 14.8. The second-order valence-corrected chi connectivity index (χ2v) is 4.74. The van der Waals surface area contributed by atoms with Crippen molar-refractivity contribution in [3.8, 4) is 5.75 Å². The van der Waals surface area contributed by atoms with Crippen molar-refractivity contribution in [1.82, 2.24) is 4.98 Å². The van der Waals surface area contributed by atoms with E-state index >= 15 is 0 Å². The van der Waals surface area contributed by atoms with Crippen molar-refractivity contribution in [2.24, 2.45) is 5.73 Å². The Kier molecular flexibility index (Phi) is 3.09. The van der Waals surface area contributed by atoms with E-state index in [1.807, 2.05) is 25.1 Å². The van der Waals surface area contributed by atoms with Crippen LogP contribution in [0.3, 0.4) is 0 Å². The maximum atomic E-state index is 9.15. The second-order valence-electron chi connectivity index (χ2n) is 4.74. The molecule has 2 rings (SSSR count). The molecule has 92 valence electrons. The van der Waals surface area contributed by atoms with Crippen LogP contribution in [0.2, 0.25) is 0 Å². The van der Waals surface area contributed by atoms with Crippen LogP contribution in [0.25, 0.3) is 10.9 Å². The Morgan fingerprint density at radius 2 is 2.18 bits per heavy atom. The molecule has 17 heavy (non-hydrogen) atoms. The average Bonchev–Trinajstić information content (AvgIpc) is 2.68. The molecule has 0 spiro atoms. The van der Waals surface area contributed by atoms with Crippen molar-refractivity contribution in [3.05, 3.63) is 30.0 Å². The van der Waals surface area contributed by atoms with E-state index in [9.17, 15) is 0 Å². The summed E-state index contributed by atoms with van der Waals surface area (Å²) in [4.78, 5) is 3.29. The Balaban J connectivity index is 2.31. The smallest absolute Gasteiger partial charge is 0.120 e. The first kappa shape index (κ1) is 12.0. The summed E-state index contributed by atoms with van der Waals surface area (Å²) in [5.41, 5.74) is 7.38. The van der Waals surface area contributed by atoms with E-state index in [0.29, 0.717) is 6.42 Å². The fraction of sp³-hybridized carbons (Fsp3) is 0.385. The van der Waals surface area contributed by atoms with Crippen molar-refractivity contribution >= 4 is 10.9 Å². The van der Waals surface area contributed by atoms with Crippen molar-refractivity contribution in [2.75, 3.05) is 13.7 Å². The van der Waals surface area contributed by atoms with Gasteiger partial charge in [0.1, 0.15) is 5.75 Å². The number of hydrogen-bond donors (Lipinski definition) is 3. The van der Waals surface area contributed by atoms with Crippen molar-refractivity contribution in [1.29, 1.82) is 0 Å². The molecule has 2 aromatic rings. The minimum absolute atomic E-state index is 0.0360. The summed E-state index contributed by atoms with van der Waals surface area (Å²) in [5, 5.41) is 10.3. The van der Waals surface area contributed by atoms with Crippen LogP contribution in [0.4, 0.5) is 0 Å². The topological polar surface area (TPSA) is 71.3 Å². The molecule has 0 bridgehead atoms. The van der Waals surface area contributed by atoms with Gasteiger partial charge in [-0.05, 0) is 30.5 Å². The molecule has 4 nitrogen and oxygen atoms in total. The summed E-state index contributed by atoms with van der Waals surface area (Å²) < 4.78 is 5.17. The molecule has 1 unspecified atom stereocenters. The van der Waals surface area contributed by atoms with Crippen molar-refractivity contribution < 1.29 is 9.84 Å². The van der Waals surface area contributed by atoms with Crippen LogP contribution in [-0.4, -0.2) is 29.3 Å². The van der Waals surface area contributed by atoms with Gasteiger partial charge in [-0.25, -0.2) is 0 Å². The predicted octanol–water partition coefficient (Wildman–Crippen LogP) is 1.43. The first-order chi connectivity index (χ1) is 8.04. The van der Waals surface area contributed by atoms with E-state index in [2.05, 4.69) is 11.1 Å². The predicted molar refractivity (Wildman–Crippen MR) is 68.2 cm³/mol. The number of nitrogens with two attached hydrogens (primary N) is 1. The summed E-state index contributed by atoms with van der Waals surface area (Å²) >= 11 is 0. The second kappa shape index (κ2) is 4.39. The zero-order valence-electron chi connectivity index (χ0n) is 10.2. The number of H-pyrrole nitrogens is 1. The van der Waals surface area contributed by atoms with Crippen molar-refractivity contribution in [2.45, 2.75) is 18.9 Å². The third-order valence-corrected chi connectivity index (χ3v) is 2.84. The Hall–Kier alpha value is -1.52. The molecule has 0 fully saturated rings. The lowest BCUT2D eigenvalue weighted by atomic mass is 9.98. The largest absolute Gasteiger partial charge is 0.497 e. The number of benzene rings is 1. The van der Waals surface area contributed by atoms with E-state index in [1.165, 1.54) is 0 Å². The van der Waals surface area contributed by atoms with Gasteiger partial charge in [-0.1, -0.05) is 0 Å². The number of fused-ring (bicyclic) bond motifs is 1. The molecule has 1 aromatic carbocycles. The number of nitrogens with one attached hydrogen (secondary N) is 1. The molecule has 1 aromatic heterocycles. The fourth-order valence-electron chi connectivity index (χ4n) is 1.88.